The van der Waals surface area contributed by atoms with Crippen molar-refractivity contribution < 1.29 is 23.8 Å². The molecule has 0 aliphatic carbocycles. The Balaban J connectivity index is 2.38. The van der Waals surface area contributed by atoms with Crippen LogP contribution in [0.5, 0.6) is 0 Å². The van der Waals surface area contributed by atoms with Crippen molar-refractivity contribution in [3.8, 4) is 0 Å². The second kappa shape index (κ2) is 12.5. The van der Waals surface area contributed by atoms with Crippen LogP contribution in [-0.2, 0) is 9.53 Å². The molecule has 0 aliphatic heterocycles. The highest BCUT2D eigenvalue weighted by Gasteiger charge is 2.16. The van der Waals surface area contributed by atoms with Crippen LogP contribution in [0.15, 0.2) is 72.9 Å². The van der Waals surface area contributed by atoms with E-state index in [0.29, 0.717) is 0 Å². The molecular weight excluding hydrogens is 401 g/mol. The Morgan fingerprint density at radius 1 is 1.38 bits per heavy atom. The molecule has 3 N–H and O–H groups in total. The summed E-state index contributed by atoms with van der Waals surface area (Å²) < 4.78 is 18.2. The molecule has 7 nitrogen and oxygen atoms in total. The van der Waals surface area contributed by atoms with Crippen LogP contribution >= 0.6 is 11.6 Å². The third-order valence-electron chi connectivity index (χ3n) is 3.49. The molecule has 1 heterocycles. The van der Waals surface area contributed by atoms with Gasteiger partial charge in [-0.15, -0.1) is 6.58 Å². The Labute approximate surface area is 173 Å². The number of pyridine rings is 1. The van der Waals surface area contributed by atoms with Gasteiger partial charge in [0.25, 0.3) is 11.8 Å². The Morgan fingerprint density at radius 3 is 2.69 bits per heavy atom. The molecule has 0 aliphatic rings. The Bertz CT molecular complexity index is 783. The number of aliphatic hydroxyl groups is 1. The average molecular weight is 424 g/mol. The molecular formula is C20H23ClFN3O4. The van der Waals surface area contributed by atoms with E-state index in [2.05, 4.69) is 35.4 Å². The van der Waals surface area contributed by atoms with Gasteiger partial charge >= 0.3 is 0 Å². The molecule has 9 heteroatoms. The van der Waals surface area contributed by atoms with Gasteiger partial charge in [0.1, 0.15) is 17.3 Å². The van der Waals surface area contributed by atoms with Crippen LogP contribution in [0.2, 0.25) is 0 Å². The fourth-order valence-corrected chi connectivity index (χ4v) is 2.09. The first-order valence-electron chi connectivity index (χ1n) is 8.55. The number of allylic oxidation sites excluding steroid dienone is 3. The first-order valence-corrected chi connectivity index (χ1v) is 8.93. The van der Waals surface area contributed by atoms with E-state index in [1.807, 2.05) is 0 Å². The van der Waals surface area contributed by atoms with Crippen molar-refractivity contribution in [2.24, 2.45) is 0 Å². The lowest BCUT2D eigenvalue weighted by Gasteiger charge is -2.19. The van der Waals surface area contributed by atoms with Gasteiger partial charge in [-0.2, -0.15) is 0 Å². The summed E-state index contributed by atoms with van der Waals surface area (Å²) in [5, 5.41) is 14.9. The number of aromatic nitrogens is 1. The average Bonchev–Trinajstić information content (AvgIpc) is 2.70. The number of carbonyl (C=O) groups excluding carboxylic acids is 2. The molecule has 1 aromatic rings. The van der Waals surface area contributed by atoms with Crippen molar-refractivity contribution in [3.05, 3.63) is 78.6 Å². The van der Waals surface area contributed by atoms with Crippen LogP contribution < -0.4 is 10.6 Å². The summed E-state index contributed by atoms with van der Waals surface area (Å²) >= 11 is 5.36. The fraction of sp³-hybridized carbons (Fsp3) is 0.250. The molecule has 29 heavy (non-hydrogen) atoms. The van der Waals surface area contributed by atoms with Crippen molar-refractivity contribution in [2.45, 2.75) is 18.6 Å². The standard InChI is InChI=1S/C20H23ClFN3O4/c1-4-15(25-20(28)18-7-5-6-8-23-18)10-16(26)11-24-19(27)12-29-13(2)9-17(22)14(3)21/h4-9,15-16,26H,1-3,10-12H2,(H,24,27)(H,25,28)/b17-9+. The topological polar surface area (TPSA) is 101 Å². The number of aliphatic hydroxyl groups excluding tert-OH is 1. The molecule has 156 valence electrons. The third-order valence-corrected chi connectivity index (χ3v) is 3.68. The van der Waals surface area contributed by atoms with Gasteiger partial charge in [-0.1, -0.05) is 36.9 Å². The van der Waals surface area contributed by atoms with E-state index in [1.54, 1.807) is 18.2 Å². The van der Waals surface area contributed by atoms with Gasteiger partial charge in [0.05, 0.1) is 11.1 Å². The van der Waals surface area contributed by atoms with Crippen LogP contribution in [0.1, 0.15) is 16.9 Å². The van der Waals surface area contributed by atoms with E-state index in [9.17, 15) is 19.1 Å². The zero-order valence-corrected chi connectivity index (χ0v) is 16.5. The SMILES string of the molecule is C=CC(CC(O)CNC(=O)COC(=C)/C=C(/F)C(=C)Cl)NC(=O)c1ccccn1. The number of halogens is 2. The van der Waals surface area contributed by atoms with Gasteiger partial charge in [0.2, 0.25) is 0 Å². The van der Waals surface area contributed by atoms with E-state index in [0.717, 1.165) is 6.08 Å². The van der Waals surface area contributed by atoms with E-state index in [-0.39, 0.29) is 29.5 Å². The normalized spacial score (nSPS) is 13.0. The van der Waals surface area contributed by atoms with Gasteiger partial charge in [0.15, 0.2) is 6.61 Å². The summed E-state index contributed by atoms with van der Waals surface area (Å²) in [5.41, 5.74) is 0.239. The Kier molecular flexibility index (Phi) is 10.4. The number of carbonyl (C=O) groups is 2. The zero-order chi connectivity index (χ0) is 21.8. The largest absolute Gasteiger partial charge is 0.484 e. The number of nitrogens with zero attached hydrogens (tertiary/aromatic N) is 1. The molecule has 1 rings (SSSR count). The number of hydrogen-bond acceptors (Lipinski definition) is 5. The van der Waals surface area contributed by atoms with Crippen molar-refractivity contribution in [1.29, 1.82) is 0 Å². The molecule has 0 saturated carbocycles. The monoisotopic (exact) mass is 423 g/mol. The molecule has 2 atom stereocenters. The van der Waals surface area contributed by atoms with Crippen LogP contribution in [-0.4, -0.2) is 47.2 Å². The van der Waals surface area contributed by atoms with Gasteiger partial charge in [0, 0.05) is 24.9 Å². The lowest BCUT2D eigenvalue weighted by atomic mass is 10.1. The fourth-order valence-electron chi connectivity index (χ4n) is 2.03. The van der Waals surface area contributed by atoms with Crippen LogP contribution in [0, 0.1) is 0 Å². The molecule has 0 spiro atoms. The van der Waals surface area contributed by atoms with Gasteiger partial charge < -0.3 is 20.5 Å². The van der Waals surface area contributed by atoms with Crippen LogP contribution in [0.3, 0.4) is 0 Å². The quantitative estimate of drug-likeness (QED) is 0.272. The second-order valence-corrected chi connectivity index (χ2v) is 6.33. The molecule has 2 unspecified atom stereocenters. The van der Waals surface area contributed by atoms with Gasteiger partial charge in [-0.3, -0.25) is 14.6 Å². The van der Waals surface area contributed by atoms with Crippen LogP contribution in [0.4, 0.5) is 4.39 Å². The lowest BCUT2D eigenvalue weighted by Crippen LogP contribution is -2.40. The van der Waals surface area contributed by atoms with Crippen molar-refractivity contribution >= 4 is 23.4 Å². The second-order valence-electron chi connectivity index (χ2n) is 5.88. The first kappa shape index (κ1) is 24.1. The Hall–Kier alpha value is -2.97. The van der Waals surface area contributed by atoms with Crippen molar-refractivity contribution in [2.75, 3.05) is 13.2 Å². The maximum Gasteiger partial charge on any atom is 0.270 e. The number of ether oxygens (including phenoxy) is 1. The Morgan fingerprint density at radius 2 is 2.10 bits per heavy atom. The highest BCUT2D eigenvalue weighted by molar-refractivity contribution is 6.31. The molecule has 0 saturated heterocycles. The highest BCUT2D eigenvalue weighted by atomic mass is 35.5. The molecule has 2 amide bonds. The number of amides is 2. The predicted molar refractivity (Wildman–Crippen MR) is 109 cm³/mol. The number of rotatable bonds is 12. The predicted octanol–water partition coefficient (Wildman–Crippen LogP) is 2.37. The van der Waals surface area contributed by atoms with E-state index in [1.165, 1.54) is 12.3 Å². The number of nitrogens with one attached hydrogen (secondary N) is 2. The van der Waals surface area contributed by atoms with Gasteiger partial charge in [-0.05, 0) is 18.6 Å². The van der Waals surface area contributed by atoms with E-state index < -0.39 is 36.4 Å². The van der Waals surface area contributed by atoms with E-state index >= 15 is 0 Å². The van der Waals surface area contributed by atoms with Gasteiger partial charge in [-0.25, -0.2) is 4.39 Å². The summed E-state index contributed by atoms with van der Waals surface area (Å²) in [5.74, 6) is -1.88. The lowest BCUT2D eigenvalue weighted by molar-refractivity contribution is -0.124. The maximum atomic E-state index is 13.2. The number of hydrogen-bond donors (Lipinski definition) is 3. The molecule has 1 aromatic heterocycles. The minimum Gasteiger partial charge on any atom is -0.484 e. The minimum absolute atomic E-state index is 0.0822. The third kappa shape index (κ3) is 9.68. The summed E-state index contributed by atoms with van der Waals surface area (Å²) in [4.78, 5) is 27.8. The molecule has 0 radical (unpaired) electrons. The van der Waals surface area contributed by atoms with E-state index in [4.69, 9.17) is 16.3 Å². The molecule has 0 aromatic carbocycles. The van der Waals surface area contributed by atoms with Crippen molar-refractivity contribution in [3.63, 3.8) is 0 Å². The molecule has 0 bridgehead atoms. The maximum absolute atomic E-state index is 13.2. The van der Waals surface area contributed by atoms with Crippen LogP contribution in [0.25, 0.3) is 0 Å². The molecule has 0 fully saturated rings. The summed E-state index contributed by atoms with van der Waals surface area (Å²) in [6.45, 7) is 9.74. The van der Waals surface area contributed by atoms with Crippen molar-refractivity contribution in [1.82, 2.24) is 15.6 Å². The highest BCUT2D eigenvalue weighted by Crippen LogP contribution is 2.15. The summed E-state index contributed by atoms with van der Waals surface area (Å²) in [6.07, 6.45) is 3.05. The zero-order valence-electron chi connectivity index (χ0n) is 15.7. The summed E-state index contributed by atoms with van der Waals surface area (Å²) in [6, 6.07) is 4.41. The summed E-state index contributed by atoms with van der Waals surface area (Å²) in [7, 11) is 0. The first-order chi connectivity index (χ1) is 13.7. The minimum atomic E-state index is -0.953. The smallest absolute Gasteiger partial charge is 0.270 e.